The standard InChI is InChI=1S/C36H38N4O3/c1-25-16-19-29(22-33(25)43-2)37-35(41)28-17-20-30(21-18-28)40-32-15-9-14-31(34(32)38-36(40)42)39(23-26-10-5-3-6-11-26)24-27-12-7-4-8-13-27/h3-16,19,22,28,30H,17-18,20-21,23-24H2,1-2H3,(H,37,41)(H,38,42). The van der Waals surface area contributed by atoms with Crippen LogP contribution in [0.1, 0.15) is 48.4 Å². The van der Waals surface area contributed by atoms with Crippen molar-refractivity contribution in [3.63, 3.8) is 0 Å². The van der Waals surface area contributed by atoms with Crippen LogP contribution in [0, 0.1) is 12.8 Å². The number of carbonyl (C=O) groups is 1. The first-order valence-electron chi connectivity index (χ1n) is 15.0. The van der Waals surface area contributed by atoms with Crippen LogP contribution in [0.15, 0.2) is 102 Å². The Balaban J connectivity index is 1.22. The van der Waals surface area contributed by atoms with Gasteiger partial charge >= 0.3 is 5.69 Å². The van der Waals surface area contributed by atoms with E-state index in [9.17, 15) is 9.59 Å². The Hall–Kier alpha value is -4.78. The van der Waals surface area contributed by atoms with Gasteiger partial charge in [0.15, 0.2) is 0 Å². The second-order valence-corrected chi connectivity index (χ2v) is 11.5. The molecule has 1 heterocycles. The summed E-state index contributed by atoms with van der Waals surface area (Å²) in [7, 11) is 1.63. The molecule has 0 radical (unpaired) electrons. The number of para-hydroxylation sites is 1. The first kappa shape index (κ1) is 28.3. The molecule has 1 aliphatic carbocycles. The molecule has 7 heteroatoms. The van der Waals surface area contributed by atoms with Crippen molar-refractivity contribution in [3.05, 3.63) is 124 Å². The van der Waals surface area contributed by atoms with Crippen molar-refractivity contribution in [1.82, 2.24) is 9.55 Å². The molecule has 43 heavy (non-hydrogen) atoms. The number of imidazole rings is 1. The average molecular weight is 575 g/mol. The molecule has 1 aromatic heterocycles. The maximum absolute atomic E-state index is 13.5. The lowest BCUT2D eigenvalue weighted by Crippen LogP contribution is -2.31. The first-order valence-corrected chi connectivity index (χ1v) is 15.0. The van der Waals surface area contributed by atoms with Crippen LogP contribution in [0.25, 0.3) is 11.0 Å². The summed E-state index contributed by atoms with van der Waals surface area (Å²) in [5.41, 5.74) is 6.85. The molecular weight excluding hydrogens is 536 g/mol. The number of anilines is 2. The largest absolute Gasteiger partial charge is 0.496 e. The van der Waals surface area contributed by atoms with Gasteiger partial charge in [-0.05, 0) is 67.5 Å². The first-order chi connectivity index (χ1) is 21.0. The highest BCUT2D eigenvalue weighted by atomic mass is 16.5. The number of H-pyrrole nitrogens is 1. The maximum atomic E-state index is 13.5. The lowest BCUT2D eigenvalue weighted by molar-refractivity contribution is -0.121. The number of aryl methyl sites for hydroxylation is 1. The van der Waals surface area contributed by atoms with Crippen LogP contribution < -0.4 is 20.6 Å². The van der Waals surface area contributed by atoms with Gasteiger partial charge in [0.25, 0.3) is 0 Å². The second kappa shape index (κ2) is 12.6. The summed E-state index contributed by atoms with van der Waals surface area (Å²) < 4.78 is 7.32. The van der Waals surface area contributed by atoms with Gasteiger partial charge in [0.05, 0.1) is 23.8 Å². The quantitative estimate of drug-likeness (QED) is 0.195. The zero-order chi connectivity index (χ0) is 29.8. The Kier molecular flexibility index (Phi) is 8.31. The van der Waals surface area contributed by atoms with Crippen molar-refractivity contribution in [2.75, 3.05) is 17.3 Å². The number of aromatic amines is 1. The molecule has 4 aromatic carbocycles. The number of hydrogen-bond acceptors (Lipinski definition) is 4. The van der Waals surface area contributed by atoms with Gasteiger partial charge in [-0.25, -0.2) is 4.79 Å². The molecule has 1 saturated carbocycles. The highest BCUT2D eigenvalue weighted by Gasteiger charge is 2.29. The third kappa shape index (κ3) is 6.21. The van der Waals surface area contributed by atoms with Crippen LogP contribution in [0.2, 0.25) is 0 Å². The Labute approximate surface area is 252 Å². The van der Waals surface area contributed by atoms with Crippen LogP contribution in [0.3, 0.4) is 0 Å². The minimum Gasteiger partial charge on any atom is -0.496 e. The molecule has 0 saturated heterocycles. The number of methoxy groups -OCH3 is 1. The summed E-state index contributed by atoms with van der Waals surface area (Å²) in [5.74, 6) is 0.688. The molecule has 1 aliphatic rings. The van der Waals surface area contributed by atoms with Gasteiger partial charge in [-0.15, -0.1) is 0 Å². The van der Waals surface area contributed by atoms with E-state index in [1.165, 1.54) is 11.1 Å². The molecule has 220 valence electrons. The van der Waals surface area contributed by atoms with E-state index in [0.29, 0.717) is 0 Å². The normalized spacial score (nSPS) is 16.6. The second-order valence-electron chi connectivity index (χ2n) is 11.5. The Bertz CT molecular complexity index is 1710. The molecule has 7 nitrogen and oxygen atoms in total. The number of nitrogens with one attached hydrogen (secondary N) is 2. The summed E-state index contributed by atoms with van der Waals surface area (Å²) in [6.07, 6.45) is 2.99. The molecule has 0 atom stereocenters. The summed E-state index contributed by atoms with van der Waals surface area (Å²) in [6, 6.07) is 32.8. The van der Waals surface area contributed by atoms with Gasteiger partial charge in [0.1, 0.15) is 5.75 Å². The number of nitrogens with zero attached hydrogens (tertiary/aromatic N) is 2. The molecule has 0 aliphatic heterocycles. The van der Waals surface area contributed by atoms with Crippen LogP contribution in [-0.2, 0) is 17.9 Å². The van der Waals surface area contributed by atoms with Crippen molar-refractivity contribution in [2.24, 2.45) is 5.92 Å². The fraction of sp³-hybridized carbons (Fsp3) is 0.278. The minimum atomic E-state index is -0.0959. The topological polar surface area (TPSA) is 79.4 Å². The summed E-state index contributed by atoms with van der Waals surface area (Å²) in [5, 5.41) is 3.06. The third-order valence-electron chi connectivity index (χ3n) is 8.61. The van der Waals surface area contributed by atoms with E-state index in [-0.39, 0.29) is 23.6 Å². The molecule has 5 aromatic rings. The number of fused-ring (bicyclic) bond motifs is 1. The van der Waals surface area contributed by atoms with Crippen LogP contribution >= 0.6 is 0 Å². The SMILES string of the molecule is COc1cc(NC(=O)C2CCC(n3c(=O)[nH]c4c(N(Cc5ccccc5)Cc5ccccc5)cccc43)CC2)ccc1C. The summed E-state index contributed by atoms with van der Waals surface area (Å²) in [6.45, 7) is 3.41. The number of benzene rings is 4. The molecule has 6 rings (SSSR count). The molecule has 2 N–H and O–H groups in total. The molecule has 0 unspecified atom stereocenters. The smallest absolute Gasteiger partial charge is 0.326 e. The fourth-order valence-electron chi connectivity index (χ4n) is 6.33. The van der Waals surface area contributed by atoms with Crippen LogP contribution in [0.4, 0.5) is 11.4 Å². The maximum Gasteiger partial charge on any atom is 0.326 e. The number of aromatic nitrogens is 2. The lowest BCUT2D eigenvalue weighted by atomic mass is 9.85. The van der Waals surface area contributed by atoms with Crippen molar-refractivity contribution in [3.8, 4) is 5.75 Å². The van der Waals surface area contributed by atoms with Crippen molar-refractivity contribution < 1.29 is 9.53 Å². The van der Waals surface area contributed by atoms with Crippen molar-refractivity contribution in [2.45, 2.75) is 51.7 Å². The monoisotopic (exact) mass is 574 g/mol. The zero-order valence-corrected chi connectivity index (χ0v) is 24.8. The minimum absolute atomic E-state index is 0.0235. The van der Waals surface area contributed by atoms with Crippen LogP contribution in [-0.4, -0.2) is 22.6 Å². The van der Waals surface area contributed by atoms with E-state index in [4.69, 9.17) is 4.74 Å². The van der Waals surface area contributed by atoms with E-state index >= 15 is 0 Å². The summed E-state index contributed by atoms with van der Waals surface area (Å²) >= 11 is 0. The van der Waals surface area contributed by atoms with E-state index in [0.717, 1.165) is 72.5 Å². The number of amides is 1. The summed E-state index contributed by atoms with van der Waals surface area (Å²) in [4.78, 5) is 32.1. The zero-order valence-electron chi connectivity index (χ0n) is 24.8. The number of carbonyl (C=O) groups excluding carboxylic acids is 1. The molecule has 1 fully saturated rings. The van der Waals surface area contributed by atoms with Gasteiger partial charge in [0.2, 0.25) is 5.91 Å². The van der Waals surface area contributed by atoms with Crippen molar-refractivity contribution >= 4 is 28.3 Å². The fourth-order valence-corrected chi connectivity index (χ4v) is 6.33. The highest BCUT2D eigenvalue weighted by molar-refractivity contribution is 5.93. The number of hydrogen-bond donors (Lipinski definition) is 2. The lowest BCUT2D eigenvalue weighted by Gasteiger charge is -2.29. The Morgan fingerprint density at radius 1 is 0.884 bits per heavy atom. The predicted molar refractivity (Wildman–Crippen MR) is 173 cm³/mol. The van der Waals surface area contributed by atoms with E-state index < -0.39 is 0 Å². The Morgan fingerprint density at radius 2 is 1.53 bits per heavy atom. The van der Waals surface area contributed by atoms with E-state index in [2.05, 4.69) is 69.8 Å². The van der Waals surface area contributed by atoms with Gasteiger partial charge in [-0.3, -0.25) is 9.36 Å². The van der Waals surface area contributed by atoms with Gasteiger partial charge in [0, 0.05) is 36.8 Å². The molecule has 0 bridgehead atoms. The van der Waals surface area contributed by atoms with Gasteiger partial charge in [-0.2, -0.15) is 0 Å². The number of rotatable bonds is 9. The van der Waals surface area contributed by atoms with Gasteiger partial charge < -0.3 is 19.9 Å². The predicted octanol–water partition coefficient (Wildman–Crippen LogP) is 7.22. The molecular formula is C36H38N4O3. The van der Waals surface area contributed by atoms with Crippen LogP contribution in [0.5, 0.6) is 5.75 Å². The van der Waals surface area contributed by atoms with Gasteiger partial charge in [-0.1, -0.05) is 72.8 Å². The van der Waals surface area contributed by atoms with E-state index in [1.54, 1.807) is 7.11 Å². The average Bonchev–Trinajstić information content (AvgIpc) is 3.38. The highest BCUT2D eigenvalue weighted by Crippen LogP contribution is 2.36. The van der Waals surface area contributed by atoms with Crippen molar-refractivity contribution in [1.29, 1.82) is 0 Å². The van der Waals surface area contributed by atoms with E-state index in [1.807, 2.05) is 54.0 Å². The third-order valence-corrected chi connectivity index (χ3v) is 8.61. The molecule has 1 amide bonds. The molecule has 0 spiro atoms. The Morgan fingerprint density at radius 3 is 2.16 bits per heavy atom. The number of ether oxygens (including phenoxy) is 1.